The molecule has 4 atom stereocenters. The monoisotopic (exact) mass is 768 g/mol. The van der Waals surface area contributed by atoms with E-state index in [1.807, 2.05) is 26.8 Å². The summed E-state index contributed by atoms with van der Waals surface area (Å²) in [6, 6.07) is 2.63. The zero-order valence-electron chi connectivity index (χ0n) is 32.8. The van der Waals surface area contributed by atoms with Gasteiger partial charge in [-0.05, 0) is 55.7 Å². The van der Waals surface area contributed by atoms with Gasteiger partial charge in [0.25, 0.3) is 0 Å². The number of likely N-dealkylation sites (N-methyl/N-ethyl adjacent to an activating group) is 1. The molecule has 1 saturated carbocycles. The number of carbonyl (C=O) groups is 4. The number of urea groups is 1. The molecule has 1 saturated heterocycles. The van der Waals surface area contributed by atoms with Gasteiger partial charge in [0.05, 0.1) is 31.1 Å². The lowest BCUT2D eigenvalue weighted by Gasteiger charge is -2.37. The fourth-order valence-electron chi connectivity index (χ4n) is 6.52. The molecule has 2 heterocycles. The molecule has 5 amide bonds. The molecule has 5 N–H and O–H groups in total. The van der Waals surface area contributed by atoms with E-state index >= 15 is 0 Å². The normalized spacial score (nSPS) is 18.7. The van der Waals surface area contributed by atoms with Crippen LogP contribution in [0.2, 0.25) is 0 Å². The second kappa shape index (κ2) is 22.2. The fourth-order valence-corrected chi connectivity index (χ4v) is 6.88. The molecule has 1 aliphatic carbocycles. The predicted octanol–water partition coefficient (Wildman–Crippen LogP) is 3.32. The molecule has 0 spiro atoms. The number of hydrogen-bond acceptors (Lipinski definition) is 8. The van der Waals surface area contributed by atoms with E-state index in [0.29, 0.717) is 44.6 Å². The molecule has 0 bridgehead atoms. The molecule has 4 unspecified atom stereocenters. The molecule has 2 fully saturated rings. The Hall–Kier alpha value is -3.28. The van der Waals surface area contributed by atoms with Gasteiger partial charge in [0.2, 0.25) is 11.8 Å². The summed E-state index contributed by atoms with van der Waals surface area (Å²) in [5.41, 5.74) is 1.14. The van der Waals surface area contributed by atoms with Crippen LogP contribution < -0.4 is 16.0 Å². The van der Waals surface area contributed by atoms with Gasteiger partial charge < -0.3 is 35.6 Å². The van der Waals surface area contributed by atoms with E-state index in [2.05, 4.69) is 34.5 Å². The number of benzene rings is 1. The summed E-state index contributed by atoms with van der Waals surface area (Å²) in [5, 5.41) is 26.6. The van der Waals surface area contributed by atoms with Crippen molar-refractivity contribution in [1.29, 1.82) is 0 Å². The number of amides is 5. The number of halogens is 1. The van der Waals surface area contributed by atoms with Crippen LogP contribution in [0.3, 0.4) is 0 Å². The van der Waals surface area contributed by atoms with Gasteiger partial charge in [-0.25, -0.2) is 22.5 Å². The van der Waals surface area contributed by atoms with Crippen LogP contribution >= 0.6 is 0 Å². The predicted molar refractivity (Wildman–Crippen MR) is 204 cm³/mol. The minimum Gasteiger partial charge on any atom is -0.453 e. The van der Waals surface area contributed by atoms with Gasteiger partial charge >= 0.3 is 19.2 Å². The third-order valence-corrected chi connectivity index (χ3v) is 10.6. The summed E-state index contributed by atoms with van der Waals surface area (Å²) in [7, 11) is 0.201. The number of rotatable bonds is 10. The van der Waals surface area contributed by atoms with Crippen LogP contribution in [0.1, 0.15) is 97.1 Å². The lowest BCUT2D eigenvalue weighted by Crippen LogP contribution is -2.60. The van der Waals surface area contributed by atoms with Crippen LogP contribution in [-0.4, -0.2) is 117 Å². The number of likely N-dealkylation sites (tertiary alicyclic amines) is 1. The van der Waals surface area contributed by atoms with E-state index in [-0.39, 0.29) is 35.5 Å². The summed E-state index contributed by atoms with van der Waals surface area (Å²) in [5.74, 6) is -0.990. The van der Waals surface area contributed by atoms with Crippen LogP contribution in [0.15, 0.2) is 18.2 Å². The van der Waals surface area contributed by atoms with E-state index < -0.39 is 48.2 Å². The van der Waals surface area contributed by atoms with Crippen molar-refractivity contribution >= 4 is 42.0 Å². The van der Waals surface area contributed by atoms with Crippen LogP contribution in [-0.2, 0) is 38.4 Å². The summed E-state index contributed by atoms with van der Waals surface area (Å²) >= 11 is 0. The van der Waals surface area contributed by atoms with Crippen molar-refractivity contribution in [2.24, 2.45) is 11.3 Å². The maximum atomic E-state index is 13.7. The molecule has 1 aromatic carbocycles. The Labute approximate surface area is 317 Å². The zero-order chi connectivity index (χ0) is 39.9. The Bertz CT molecular complexity index is 1380. The molecule has 4 rings (SSSR count). The molecule has 3 aliphatic rings. The zero-order valence-corrected chi connectivity index (χ0v) is 33.6. The number of carbonyl (C=O) groups excluding carboxylic acids is 4. The van der Waals surface area contributed by atoms with E-state index in [1.165, 1.54) is 29.4 Å². The maximum Gasteiger partial charge on any atom is 0.472 e. The first-order valence-corrected chi connectivity index (χ1v) is 20.1. The topological polar surface area (TPSA) is 181 Å². The van der Waals surface area contributed by atoms with Gasteiger partial charge in [0.15, 0.2) is 0 Å². The maximum absolute atomic E-state index is 13.7. The second-order valence-corrected chi connectivity index (χ2v) is 16.4. The minimum absolute atomic E-state index is 0.0283. The van der Waals surface area contributed by atoms with E-state index in [4.69, 9.17) is 10.0 Å². The van der Waals surface area contributed by atoms with Crippen molar-refractivity contribution in [3.8, 4) is 0 Å². The first kappa shape index (κ1) is 45.9. The Morgan fingerprint density at radius 2 is 1.70 bits per heavy atom. The van der Waals surface area contributed by atoms with Crippen molar-refractivity contribution in [3.05, 3.63) is 35.1 Å². The molecule has 0 aromatic heterocycles. The Kier molecular flexibility index (Phi) is 19.2. The number of methoxy groups -OCH3 is 1. The first-order chi connectivity index (χ1) is 24.9. The van der Waals surface area contributed by atoms with Gasteiger partial charge in [-0.15, -0.1) is 0 Å². The average Bonchev–Trinajstić information content (AvgIpc) is 3.78. The van der Waals surface area contributed by atoms with E-state index in [9.17, 15) is 27.8 Å². The molecular formula is C36H62BFN6O8S. The van der Waals surface area contributed by atoms with Crippen molar-refractivity contribution in [2.75, 3.05) is 39.9 Å². The Morgan fingerprint density at radius 1 is 1.06 bits per heavy atom. The molecule has 1 aromatic rings. The number of fused-ring (bicyclic) bond motifs is 1. The fraction of sp³-hybridized carbons (Fsp3) is 0.722. The number of hydrogen-bond donors (Lipinski definition) is 5. The average molecular weight is 769 g/mol. The SMILES string of the molecule is CCC.CN(CC(NC(=O)NC(C(=O)N1CCCC1C(=O)NCB(O)O)C1CCCCC1)C(C)(C)C)S(C)=O.COC(=O)N1Cc2cccc(F)c2C1. The van der Waals surface area contributed by atoms with Gasteiger partial charge in [-0.2, -0.15) is 0 Å². The molecule has 53 heavy (non-hydrogen) atoms. The van der Waals surface area contributed by atoms with Crippen molar-refractivity contribution in [1.82, 2.24) is 30.1 Å². The molecular weight excluding hydrogens is 706 g/mol. The Balaban J connectivity index is 0.000000468. The lowest BCUT2D eigenvalue weighted by molar-refractivity contribution is -0.141. The first-order valence-electron chi connectivity index (χ1n) is 18.6. The highest BCUT2D eigenvalue weighted by Crippen LogP contribution is 2.30. The summed E-state index contributed by atoms with van der Waals surface area (Å²) < 4.78 is 31.4. The van der Waals surface area contributed by atoms with Crippen LogP contribution in [0.25, 0.3) is 0 Å². The highest BCUT2D eigenvalue weighted by atomic mass is 32.2. The number of nitrogens with one attached hydrogen (secondary N) is 3. The number of ether oxygens (including phenoxy) is 1. The highest BCUT2D eigenvalue weighted by Gasteiger charge is 2.41. The van der Waals surface area contributed by atoms with Crippen LogP contribution in [0.4, 0.5) is 14.0 Å². The van der Waals surface area contributed by atoms with Gasteiger partial charge in [-0.1, -0.05) is 72.4 Å². The van der Waals surface area contributed by atoms with Crippen LogP contribution in [0.5, 0.6) is 0 Å². The van der Waals surface area contributed by atoms with Gasteiger partial charge in [-0.3, -0.25) is 14.5 Å². The van der Waals surface area contributed by atoms with E-state index in [1.54, 1.807) is 23.7 Å². The third-order valence-electron chi connectivity index (χ3n) is 9.56. The summed E-state index contributed by atoms with van der Waals surface area (Å²) in [4.78, 5) is 53.7. The molecule has 0 radical (unpaired) electrons. The van der Waals surface area contributed by atoms with E-state index in [0.717, 1.165) is 37.7 Å². The number of nitrogens with zero attached hydrogens (tertiary/aromatic N) is 3. The van der Waals surface area contributed by atoms with Crippen molar-refractivity contribution in [2.45, 2.75) is 117 Å². The van der Waals surface area contributed by atoms with Crippen molar-refractivity contribution in [3.63, 3.8) is 0 Å². The van der Waals surface area contributed by atoms with Gasteiger partial charge in [0.1, 0.15) is 17.9 Å². The lowest BCUT2D eigenvalue weighted by atomic mass is 9.83. The van der Waals surface area contributed by atoms with Crippen molar-refractivity contribution < 1.29 is 42.6 Å². The standard InChI is InChI=1S/C23H44BN5O6S.C10H10FNO2.C3H8/c1-23(2,3)18(14-28(4)36(5)35)26-22(32)27-19(16-10-7-6-8-11-16)21(31)29-13-9-12-17(29)20(30)25-15-24(33)34;1-14-10(13)12-5-7-3-2-4-9(11)8(7)6-12;1-3-2/h16-19,33-34H,6-15H2,1-5H3,(H,25,30)(H2,26,27,32);2-4H,5-6H2,1H3;3H2,1-2H3. The largest absolute Gasteiger partial charge is 0.472 e. The highest BCUT2D eigenvalue weighted by molar-refractivity contribution is 7.81. The third kappa shape index (κ3) is 14.5. The quantitative estimate of drug-likeness (QED) is 0.225. The van der Waals surface area contributed by atoms with Crippen LogP contribution in [0, 0.1) is 17.2 Å². The minimum atomic E-state index is -1.67. The summed E-state index contributed by atoms with van der Waals surface area (Å²) in [6.45, 7) is 11.7. The Morgan fingerprint density at radius 3 is 2.25 bits per heavy atom. The molecule has 17 heteroatoms. The second-order valence-electron chi connectivity index (χ2n) is 15.0. The molecule has 2 aliphatic heterocycles. The summed E-state index contributed by atoms with van der Waals surface area (Å²) in [6.07, 6.45) is 7.93. The molecule has 14 nitrogen and oxygen atoms in total. The van der Waals surface area contributed by atoms with Gasteiger partial charge in [0, 0.05) is 37.5 Å². The smallest absolute Gasteiger partial charge is 0.453 e. The molecule has 300 valence electrons.